The first-order valence-corrected chi connectivity index (χ1v) is 4.34. The van der Waals surface area contributed by atoms with Gasteiger partial charge in [0, 0.05) is 0 Å². The van der Waals surface area contributed by atoms with Gasteiger partial charge in [-0.2, -0.15) is 4.39 Å². The van der Waals surface area contributed by atoms with Crippen molar-refractivity contribution in [2.75, 3.05) is 7.11 Å². The van der Waals surface area contributed by atoms with Crippen LogP contribution in [0.1, 0.15) is 22.8 Å². The number of methoxy groups -OCH3 is 1. The fourth-order valence-electron chi connectivity index (χ4n) is 1.32. The van der Waals surface area contributed by atoms with Gasteiger partial charge in [-0.15, -0.1) is 0 Å². The third-order valence-electron chi connectivity index (χ3n) is 2.09. The molecule has 15 heavy (non-hydrogen) atoms. The average molecular weight is 214 g/mol. The lowest BCUT2D eigenvalue weighted by molar-refractivity contribution is 0.0692. The van der Waals surface area contributed by atoms with Gasteiger partial charge >= 0.3 is 5.97 Å². The van der Waals surface area contributed by atoms with E-state index in [1.54, 1.807) is 6.92 Å². The highest BCUT2D eigenvalue weighted by atomic mass is 19.1. The van der Waals surface area contributed by atoms with Crippen LogP contribution in [0.2, 0.25) is 0 Å². The van der Waals surface area contributed by atoms with E-state index in [2.05, 4.69) is 0 Å². The number of hydrogen-bond donors (Lipinski definition) is 2. The molecule has 1 rings (SSSR count). The molecule has 2 N–H and O–H groups in total. The first-order valence-electron chi connectivity index (χ1n) is 4.34. The highest BCUT2D eigenvalue weighted by Crippen LogP contribution is 2.33. The van der Waals surface area contributed by atoms with Gasteiger partial charge in [0.2, 0.25) is 5.82 Å². The Hall–Kier alpha value is -1.78. The maximum Gasteiger partial charge on any atom is 0.339 e. The minimum absolute atomic E-state index is 0.111. The van der Waals surface area contributed by atoms with Crippen LogP contribution >= 0.6 is 0 Å². The Morgan fingerprint density at radius 3 is 2.60 bits per heavy atom. The predicted octanol–water partition coefficient (Wildman–Crippen LogP) is 1.80. The van der Waals surface area contributed by atoms with Crippen molar-refractivity contribution in [1.82, 2.24) is 0 Å². The number of hydrogen-bond acceptors (Lipinski definition) is 3. The molecule has 0 aromatic heterocycles. The molecule has 1 aromatic carbocycles. The van der Waals surface area contributed by atoms with Crippen LogP contribution in [0.4, 0.5) is 4.39 Å². The molecule has 82 valence electrons. The summed E-state index contributed by atoms with van der Waals surface area (Å²) in [6.07, 6.45) is 0.417. The molecule has 0 aliphatic heterocycles. The molecule has 0 saturated carbocycles. The van der Waals surface area contributed by atoms with Gasteiger partial charge in [0.25, 0.3) is 0 Å². The zero-order valence-corrected chi connectivity index (χ0v) is 8.37. The lowest BCUT2D eigenvalue weighted by Gasteiger charge is -2.10. The van der Waals surface area contributed by atoms with Crippen LogP contribution < -0.4 is 4.74 Å². The van der Waals surface area contributed by atoms with Gasteiger partial charge in [0.1, 0.15) is 5.56 Å². The second-order valence-electron chi connectivity index (χ2n) is 2.94. The number of carbonyl (C=O) groups is 1. The molecule has 0 unspecified atom stereocenters. The molecule has 0 fully saturated rings. The van der Waals surface area contributed by atoms with Crippen LogP contribution in [0.3, 0.4) is 0 Å². The van der Waals surface area contributed by atoms with Crippen molar-refractivity contribution in [3.63, 3.8) is 0 Å². The number of carboxylic acids is 1. The summed E-state index contributed by atoms with van der Waals surface area (Å²) in [4.78, 5) is 10.7. The van der Waals surface area contributed by atoms with Gasteiger partial charge in [0.05, 0.1) is 7.11 Å². The van der Waals surface area contributed by atoms with Gasteiger partial charge in [0.15, 0.2) is 11.5 Å². The highest BCUT2D eigenvalue weighted by molar-refractivity contribution is 5.91. The normalized spacial score (nSPS) is 10.1. The molecular formula is C10H11FO4. The predicted molar refractivity (Wildman–Crippen MR) is 51.0 cm³/mol. The third kappa shape index (κ3) is 1.86. The second-order valence-corrected chi connectivity index (χ2v) is 2.94. The van der Waals surface area contributed by atoms with Crippen LogP contribution in [0.25, 0.3) is 0 Å². The lowest BCUT2D eigenvalue weighted by atomic mass is 10.1. The zero-order valence-electron chi connectivity index (χ0n) is 8.37. The Morgan fingerprint density at radius 2 is 2.20 bits per heavy atom. The summed E-state index contributed by atoms with van der Waals surface area (Å²) < 4.78 is 18.2. The summed E-state index contributed by atoms with van der Waals surface area (Å²) >= 11 is 0. The van der Waals surface area contributed by atoms with Crippen molar-refractivity contribution in [3.8, 4) is 11.5 Å². The van der Waals surface area contributed by atoms with Gasteiger partial charge in [-0.3, -0.25) is 0 Å². The number of aryl methyl sites for hydroxylation is 1. The largest absolute Gasteiger partial charge is 0.504 e. The van der Waals surface area contributed by atoms with E-state index >= 15 is 0 Å². The maximum atomic E-state index is 13.4. The van der Waals surface area contributed by atoms with E-state index in [0.29, 0.717) is 12.0 Å². The van der Waals surface area contributed by atoms with Crippen molar-refractivity contribution in [2.24, 2.45) is 0 Å². The molecule has 0 heterocycles. The van der Waals surface area contributed by atoms with E-state index in [0.717, 1.165) is 0 Å². The molecule has 0 aliphatic carbocycles. The quantitative estimate of drug-likeness (QED) is 0.805. The number of benzene rings is 1. The molecule has 0 aliphatic rings. The Morgan fingerprint density at radius 1 is 1.60 bits per heavy atom. The van der Waals surface area contributed by atoms with Crippen molar-refractivity contribution in [1.29, 1.82) is 0 Å². The summed E-state index contributed by atoms with van der Waals surface area (Å²) in [6, 6.07) is 1.21. The molecule has 4 nitrogen and oxygen atoms in total. The lowest BCUT2D eigenvalue weighted by Crippen LogP contribution is -2.03. The number of phenols is 1. The summed E-state index contributed by atoms with van der Waals surface area (Å²) in [5.41, 5.74) is -0.0460. The molecular weight excluding hydrogens is 203 g/mol. The molecule has 0 bridgehead atoms. The summed E-state index contributed by atoms with van der Waals surface area (Å²) in [5.74, 6) is -3.41. The molecule has 0 atom stereocenters. The van der Waals surface area contributed by atoms with Gasteiger partial charge in [-0.25, -0.2) is 4.79 Å². The monoisotopic (exact) mass is 214 g/mol. The van der Waals surface area contributed by atoms with Crippen LogP contribution in [0.15, 0.2) is 6.07 Å². The van der Waals surface area contributed by atoms with Crippen LogP contribution in [-0.2, 0) is 6.42 Å². The Bertz CT molecular complexity index is 401. The zero-order chi connectivity index (χ0) is 11.6. The maximum absolute atomic E-state index is 13.4. The molecule has 5 heteroatoms. The fraction of sp³-hybridized carbons (Fsp3) is 0.300. The minimum atomic E-state index is -1.37. The van der Waals surface area contributed by atoms with E-state index in [9.17, 15) is 14.3 Å². The third-order valence-corrected chi connectivity index (χ3v) is 2.09. The van der Waals surface area contributed by atoms with E-state index in [4.69, 9.17) is 9.84 Å². The van der Waals surface area contributed by atoms with Gasteiger partial charge in [-0.1, -0.05) is 6.92 Å². The Balaban J connectivity index is 3.49. The fourth-order valence-corrected chi connectivity index (χ4v) is 1.32. The van der Waals surface area contributed by atoms with E-state index in [1.165, 1.54) is 13.2 Å². The first-order chi connectivity index (χ1) is 7.02. The number of rotatable bonds is 3. The molecule has 0 amide bonds. The SMILES string of the molecule is CCc1cc(C(=O)O)c(O)c(F)c1OC. The van der Waals surface area contributed by atoms with Crippen molar-refractivity contribution < 1.29 is 24.1 Å². The number of aromatic hydroxyl groups is 1. The van der Waals surface area contributed by atoms with E-state index in [-0.39, 0.29) is 5.75 Å². The average Bonchev–Trinajstić information content (AvgIpc) is 2.21. The van der Waals surface area contributed by atoms with Gasteiger partial charge in [-0.05, 0) is 18.1 Å². The Kier molecular flexibility index (Phi) is 3.14. The highest BCUT2D eigenvalue weighted by Gasteiger charge is 2.21. The van der Waals surface area contributed by atoms with Crippen LogP contribution in [0, 0.1) is 5.82 Å². The van der Waals surface area contributed by atoms with Crippen molar-refractivity contribution in [2.45, 2.75) is 13.3 Å². The molecule has 0 saturated heterocycles. The topological polar surface area (TPSA) is 66.8 Å². The van der Waals surface area contributed by atoms with Crippen molar-refractivity contribution >= 4 is 5.97 Å². The molecule has 0 radical (unpaired) electrons. The Labute approximate surface area is 85.9 Å². The smallest absolute Gasteiger partial charge is 0.339 e. The minimum Gasteiger partial charge on any atom is -0.504 e. The van der Waals surface area contributed by atoms with Crippen LogP contribution in [0.5, 0.6) is 11.5 Å². The number of halogens is 1. The summed E-state index contributed by atoms with van der Waals surface area (Å²) in [7, 11) is 1.26. The first kappa shape index (κ1) is 11.3. The standard InChI is InChI=1S/C10H11FO4/c1-3-5-4-6(10(13)14)8(12)7(11)9(5)15-2/h4,12H,3H2,1-2H3,(H,13,14). The van der Waals surface area contributed by atoms with E-state index in [1.807, 2.05) is 0 Å². The van der Waals surface area contributed by atoms with Crippen molar-refractivity contribution in [3.05, 3.63) is 23.0 Å². The van der Waals surface area contributed by atoms with E-state index < -0.39 is 23.1 Å². The van der Waals surface area contributed by atoms with Crippen LogP contribution in [-0.4, -0.2) is 23.3 Å². The second kappa shape index (κ2) is 4.16. The number of aromatic carboxylic acids is 1. The van der Waals surface area contributed by atoms with Gasteiger partial charge < -0.3 is 14.9 Å². The summed E-state index contributed by atoms with van der Waals surface area (Å²) in [5, 5.41) is 18.0. The summed E-state index contributed by atoms with van der Waals surface area (Å²) in [6.45, 7) is 1.74. The number of ether oxygens (including phenoxy) is 1. The molecule has 0 spiro atoms. The number of carboxylic acid groups (broad SMARTS) is 1. The molecule has 1 aromatic rings.